The first kappa shape index (κ1) is 82.6. The Morgan fingerprint density at radius 1 is 0.726 bits per heavy atom. The van der Waals surface area contributed by atoms with Crippen LogP contribution in [0.25, 0.3) is 0 Å². The number of alkyl carbamates (subject to hydrolysis) is 1. The number of nitrogens with one attached hydrogen (secondary N) is 2. The van der Waals surface area contributed by atoms with E-state index >= 15 is 4.79 Å². The summed E-state index contributed by atoms with van der Waals surface area (Å²) in [5, 5.41) is 88.3. The van der Waals surface area contributed by atoms with E-state index in [2.05, 4.69) is 10.6 Å². The molecule has 2 bridgehead atoms. The SMILES string of the molecule is COc1cccc2c1C(=O)c1c(O)c3c(c(O)c1C2=O)CC(O)(C(=O)CO)C[C@@H]3OC1CC(NC(=O)OCCSSCCOC(=O)O[C@H]2CC3OC[C@@]3(OC(C)=O)[C@H]3[C@H](OC(=O)c4ccccc4)[C@]4(O)C[C@H](OC(=O)[C@H](O)[C@@H](NC(=O)c5ccccc5)c5ccccc5)C(C)=C([C@@H](OC(C)=O)C(=O)[C@]23C)C4(C)C)C(O)C(C)O1. The van der Waals surface area contributed by atoms with Crippen LogP contribution in [-0.2, 0) is 77.8 Å². The van der Waals surface area contributed by atoms with Crippen molar-refractivity contribution in [1.29, 1.82) is 0 Å². The first-order valence-corrected chi connectivity index (χ1v) is 38.9. The maximum absolute atomic E-state index is 16.5. The molecule has 6 unspecified atom stereocenters. The fourth-order valence-electron chi connectivity index (χ4n) is 17.0. The Balaban J connectivity index is 0.730. The number of ketones is 4. The van der Waals surface area contributed by atoms with Crippen LogP contribution in [0.3, 0.4) is 0 Å². The number of phenols is 2. The van der Waals surface area contributed by atoms with Gasteiger partial charge in [-0.2, -0.15) is 0 Å². The van der Waals surface area contributed by atoms with E-state index in [0.29, 0.717) is 5.56 Å². The minimum atomic E-state index is -2.60. The van der Waals surface area contributed by atoms with Gasteiger partial charge in [-0.1, -0.05) is 114 Å². The molecule has 17 atom stereocenters. The van der Waals surface area contributed by atoms with Crippen molar-refractivity contribution in [3.63, 3.8) is 0 Å². The van der Waals surface area contributed by atoms with Crippen molar-refractivity contribution in [2.75, 3.05) is 45.0 Å². The molecular weight excluding hydrogens is 1520 g/mol. The third-order valence-electron chi connectivity index (χ3n) is 22.6. The highest BCUT2D eigenvalue weighted by atomic mass is 33.1. The highest BCUT2D eigenvalue weighted by Gasteiger charge is 2.79. The van der Waals surface area contributed by atoms with E-state index < -0.39 is 234 Å². The summed E-state index contributed by atoms with van der Waals surface area (Å²) in [5.41, 5.74) is -13.0. The lowest BCUT2D eigenvalue weighted by molar-refractivity contribution is -0.346. The van der Waals surface area contributed by atoms with Gasteiger partial charge in [-0.15, -0.1) is 0 Å². The van der Waals surface area contributed by atoms with Crippen molar-refractivity contribution < 1.29 is 141 Å². The second-order valence-corrected chi connectivity index (χ2v) is 32.3. The number of carbonyl (C=O) groups excluding carboxylic acids is 11. The predicted molar refractivity (Wildman–Crippen MR) is 395 cm³/mol. The maximum atomic E-state index is 16.5. The van der Waals surface area contributed by atoms with Crippen LogP contribution in [0.15, 0.2) is 120 Å². The van der Waals surface area contributed by atoms with Gasteiger partial charge in [-0.25, -0.2) is 19.2 Å². The minimum Gasteiger partial charge on any atom is -0.507 e. The van der Waals surface area contributed by atoms with E-state index in [0.717, 1.165) is 13.8 Å². The molecule has 7 aliphatic rings. The Kier molecular flexibility index (Phi) is 24.1. The normalized spacial score (nSPS) is 29.0. The molecule has 2 saturated carbocycles. The highest BCUT2D eigenvalue weighted by molar-refractivity contribution is 8.76. The first-order valence-electron chi connectivity index (χ1n) is 36.4. The van der Waals surface area contributed by atoms with Crippen LogP contribution in [0.1, 0.15) is 156 Å². The average molecular weight is 1600 g/mol. The number of methoxy groups -OCH3 is 1. The molecule has 5 aliphatic carbocycles. The largest absolute Gasteiger partial charge is 0.508 e. The van der Waals surface area contributed by atoms with Gasteiger partial charge in [0.2, 0.25) is 5.78 Å². The van der Waals surface area contributed by atoms with Gasteiger partial charge in [0.05, 0.1) is 71.6 Å². The van der Waals surface area contributed by atoms with Crippen LogP contribution in [-0.4, -0.2) is 224 Å². The van der Waals surface area contributed by atoms with Gasteiger partial charge in [-0.3, -0.25) is 33.6 Å². The van der Waals surface area contributed by atoms with Crippen molar-refractivity contribution in [3.05, 3.63) is 170 Å². The smallest absolute Gasteiger partial charge is 0.507 e. The number of carbonyl (C=O) groups is 11. The molecule has 0 aromatic heterocycles. The monoisotopic (exact) mass is 1600 g/mol. The summed E-state index contributed by atoms with van der Waals surface area (Å²) in [6.07, 6.45) is -21.4. The summed E-state index contributed by atoms with van der Waals surface area (Å²) in [6, 6.07) is 25.2. The number of aliphatic hydroxyl groups is 5. The third-order valence-corrected chi connectivity index (χ3v) is 25.0. The minimum absolute atomic E-state index is 0.000588. The van der Waals surface area contributed by atoms with Gasteiger partial charge in [-0.05, 0) is 67.8 Å². The van der Waals surface area contributed by atoms with E-state index in [9.17, 15) is 83.7 Å². The number of hydrogen-bond acceptors (Lipinski definition) is 31. The van der Waals surface area contributed by atoms with Crippen molar-refractivity contribution in [2.45, 2.75) is 171 Å². The van der Waals surface area contributed by atoms with E-state index in [4.69, 9.17) is 52.1 Å². The average Bonchev–Trinajstić information content (AvgIpc) is 0.665. The number of esters is 4. The van der Waals surface area contributed by atoms with Crippen LogP contribution in [0.2, 0.25) is 0 Å². The van der Waals surface area contributed by atoms with Crippen LogP contribution in [0.5, 0.6) is 17.2 Å². The molecule has 2 amide bonds. The molecule has 0 spiro atoms. The number of rotatable bonds is 24. The van der Waals surface area contributed by atoms with Gasteiger partial charge in [0, 0.05) is 85.1 Å². The summed E-state index contributed by atoms with van der Waals surface area (Å²) in [6.45, 7) is 7.17. The first-order chi connectivity index (χ1) is 53.6. The third kappa shape index (κ3) is 15.4. The van der Waals surface area contributed by atoms with Crippen LogP contribution in [0.4, 0.5) is 9.59 Å². The second-order valence-electron chi connectivity index (χ2n) is 29.6. The van der Waals surface area contributed by atoms with Crippen molar-refractivity contribution >= 4 is 86.8 Å². The maximum Gasteiger partial charge on any atom is 0.508 e. The molecule has 2 heterocycles. The summed E-state index contributed by atoms with van der Waals surface area (Å²) in [5.74, 6) is -12.0. The lowest BCUT2D eigenvalue weighted by atomic mass is 9.44. The van der Waals surface area contributed by atoms with Gasteiger partial charge < -0.3 is 98.5 Å². The molecule has 602 valence electrons. The molecule has 33 heteroatoms. The molecule has 5 aromatic carbocycles. The van der Waals surface area contributed by atoms with Gasteiger partial charge in [0.15, 0.2) is 41.4 Å². The number of benzene rings is 5. The zero-order chi connectivity index (χ0) is 81.6. The topological polar surface area (TPSA) is 455 Å². The van der Waals surface area contributed by atoms with E-state index in [1.54, 1.807) is 66.7 Å². The number of aliphatic hydroxyl groups excluding tert-OH is 3. The molecule has 9 N–H and O–H groups in total. The van der Waals surface area contributed by atoms with Crippen LogP contribution in [0, 0.1) is 16.7 Å². The zero-order valence-electron chi connectivity index (χ0n) is 62.6. The van der Waals surface area contributed by atoms with Crippen LogP contribution < -0.4 is 15.4 Å². The molecule has 4 fully saturated rings. The molecule has 12 rings (SSSR count). The Morgan fingerprint density at radius 2 is 1.36 bits per heavy atom. The number of phenolic OH excluding ortho intramolecular Hbond substituents is 2. The molecule has 2 saturated heterocycles. The zero-order valence-corrected chi connectivity index (χ0v) is 64.2. The molecule has 113 heavy (non-hydrogen) atoms. The molecule has 5 aromatic rings. The molecule has 0 radical (unpaired) electrons. The predicted octanol–water partition coefficient (Wildman–Crippen LogP) is 6.06. The number of Topliss-reactive ketones (excluding diaryl/α,β-unsaturated/α-hetero) is 2. The standard InChI is InChI=1S/C80H86N2O29S2/c1-38-49(108-73(96)66(92)60(42-19-12-9-13-20-42)82-71(94)43-21-14-10-15-22-43)35-80(100)70(110-72(95)44-23-16-11-17-24-44)68-77(7,69(93)67(106-40(3)84)59(38)76(80,5)6)52(32-53-79(68,37-104-53)111-41(4)85)109-75(98)103-28-30-113-112-29-27-102-74(97)81-47-31-54(105-39(2)61(47)87)107-50-34-78(99,51(86)36-83)33-46-56(50)65(91)58-57(63(46)89)62(88)45-25-18-26-48(101-8)55(45)64(58)90/h9-26,39,47,49-50,52-54,60-61,66-68,70,83,87,89,91-92,99-100H,27-37H2,1-8H3,(H,81,97)(H,82,94)/t39?,47?,49-,50-,52-,53?,54?,60-,61?,66+,67+,68-,70-,77+,78?,79-,80+/m0/s1. The number of aromatic hydroxyl groups is 2. The Bertz CT molecular complexity index is 4620. The summed E-state index contributed by atoms with van der Waals surface area (Å²) in [7, 11) is 3.63. The van der Waals surface area contributed by atoms with Crippen LogP contribution >= 0.6 is 21.6 Å². The summed E-state index contributed by atoms with van der Waals surface area (Å²) in [4.78, 5) is 156. The number of hydrogen-bond donors (Lipinski definition) is 9. The highest BCUT2D eigenvalue weighted by Crippen LogP contribution is 2.65. The van der Waals surface area contributed by atoms with Crippen molar-refractivity contribution in [2.24, 2.45) is 16.7 Å². The lowest BCUT2D eigenvalue weighted by Crippen LogP contribution is -2.82. The number of fused-ring (bicyclic) bond motifs is 8. The lowest BCUT2D eigenvalue weighted by Gasteiger charge is -2.67. The summed E-state index contributed by atoms with van der Waals surface area (Å²) >= 11 is 0. The quantitative estimate of drug-likeness (QED) is 0.00830. The van der Waals surface area contributed by atoms with E-state index in [1.807, 2.05) is 0 Å². The number of amides is 2. The molecular formula is C80H86N2O29S2. The molecule has 2 aliphatic heterocycles. The number of ether oxygens (including phenoxy) is 11. The summed E-state index contributed by atoms with van der Waals surface area (Å²) < 4.78 is 66.0. The van der Waals surface area contributed by atoms with E-state index in [-0.39, 0.29) is 81.4 Å². The fraction of sp³-hybridized carbons (Fsp3) is 0.463. The Labute approximate surface area is 655 Å². The van der Waals surface area contributed by atoms with Gasteiger partial charge in [0.1, 0.15) is 78.8 Å². The molecule has 31 nitrogen and oxygen atoms in total. The van der Waals surface area contributed by atoms with Gasteiger partial charge >= 0.3 is 36.1 Å². The van der Waals surface area contributed by atoms with Crippen molar-refractivity contribution in [1.82, 2.24) is 10.6 Å². The van der Waals surface area contributed by atoms with Gasteiger partial charge in [0.25, 0.3) is 5.91 Å². The van der Waals surface area contributed by atoms with E-state index in [1.165, 1.54) is 106 Å². The Morgan fingerprint density at radius 3 is 1.98 bits per heavy atom. The second kappa shape index (κ2) is 33.0. The Hall–Kier alpha value is -9.81. The van der Waals surface area contributed by atoms with Crippen molar-refractivity contribution in [3.8, 4) is 17.2 Å². The fourth-order valence-corrected chi connectivity index (χ4v) is 18.6.